The van der Waals surface area contributed by atoms with Crippen LogP contribution in [0.5, 0.6) is 0 Å². The van der Waals surface area contributed by atoms with Crippen molar-refractivity contribution in [2.75, 3.05) is 0 Å². The lowest BCUT2D eigenvalue weighted by molar-refractivity contribution is -0.134. The summed E-state index contributed by atoms with van der Waals surface area (Å²) in [5, 5.41) is 0. The number of hydrogen-bond acceptors (Lipinski definition) is 3. The minimum absolute atomic E-state index is 0.0535. The molecule has 2 aliphatic heterocycles. The first kappa shape index (κ1) is 11.5. The van der Waals surface area contributed by atoms with E-state index in [4.69, 9.17) is 0 Å². The van der Waals surface area contributed by atoms with Crippen molar-refractivity contribution < 1.29 is 14.4 Å². The highest BCUT2D eigenvalue weighted by Gasteiger charge is 2.30. The van der Waals surface area contributed by atoms with Crippen LogP contribution in [0.2, 0.25) is 0 Å². The van der Waals surface area contributed by atoms with Gasteiger partial charge in [-0.3, -0.25) is 14.4 Å². The van der Waals surface area contributed by atoms with Crippen LogP contribution < -0.4 is 0 Å². The van der Waals surface area contributed by atoms with Crippen molar-refractivity contribution in [2.24, 2.45) is 10.9 Å². The number of aliphatic imine (C=N–C) groups is 1. The molecule has 3 aliphatic rings. The zero-order valence-corrected chi connectivity index (χ0v) is 10.2. The molecule has 3 rings (SSSR count). The van der Waals surface area contributed by atoms with Crippen molar-refractivity contribution >= 4 is 23.4 Å². The quantitative estimate of drug-likeness (QED) is 0.653. The Labute approximate surface area is 109 Å². The maximum Gasteiger partial charge on any atom is 0.269 e. The number of hydrogen-bond donors (Lipinski definition) is 0. The van der Waals surface area contributed by atoms with E-state index in [1.165, 1.54) is 18.2 Å². The summed E-state index contributed by atoms with van der Waals surface area (Å²) in [6.45, 7) is 1.86. The molecule has 19 heavy (non-hydrogen) atoms. The molecule has 0 aromatic carbocycles. The highest BCUT2D eigenvalue weighted by Crippen LogP contribution is 2.27. The van der Waals surface area contributed by atoms with Gasteiger partial charge >= 0.3 is 0 Å². The van der Waals surface area contributed by atoms with E-state index in [1.807, 2.05) is 13.0 Å². The molecule has 1 atom stereocenters. The van der Waals surface area contributed by atoms with Gasteiger partial charge in [0.25, 0.3) is 17.7 Å². The van der Waals surface area contributed by atoms with E-state index in [0.717, 1.165) is 10.5 Å². The van der Waals surface area contributed by atoms with Gasteiger partial charge in [0.2, 0.25) is 0 Å². The molecule has 5 heteroatoms. The molecular weight excluding hydrogens is 244 g/mol. The Bertz CT molecular complexity index is 644. The summed E-state index contributed by atoms with van der Waals surface area (Å²) in [4.78, 5) is 39.6. The van der Waals surface area contributed by atoms with Gasteiger partial charge in [-0.1, -0.05) is 11.6 Å². The molecule has 5 nitrogen and oxygen atoms in total. The molecule has 0 saturated heterocycles. The number of allylic oxidation sites excluding steroid dienone is 4. The third-order valence-corrected chi connectivity index (χ3v) is 3.22. The van der Waals surface area contributed by atoms with Crippen molar-refractivity contribution in [1.29, 1.82) is 0 Å². The Kier molecular flexibility index (Phi) is 2.41. The molecule has 94 valence electrons. The monoisotopic (exact) mass is 254 g/mol. The number of amides is 3. The minimum atomic E-state index is -0.380. The van der Waals surface area contributed by atoms with Crippen LogP contribution in [0, 0.1) is 5.92 Å². The Morgan fingerprint density at radius 1 is 1.05 bits per heavy atom. The number of carbonyl (C=O) groups excluding carboxylic acids is 3. The van der Waals surface area contributed by atoms with E-state index < -0.39 is 0 Å². The van der Waals surface area contributed by atoms with Gasteiger partial charge in [-0.05, 0) is 19.1 Å². The maximum atomic E-state index is 11.6. The molecule has 0 radical (unpaired) electrons. The van der Waals surface area contributed by atoms with Crippen molar-refractivity contribution in [2.45, 2.75) is 6.92 Å². The van der Waals surface area contributed by atoms with Crippen LogP contribution in [0.3, 0.4) is 0 Å². The predicted molar refractivity (Wildman–Crippen MR) is 67.9 cm³/mol. The van der Waals surface area contributed by atoms with Crippen LogP contribution in [0.15, 0.2) is 52.7 Å². The average Bonchev–Trinajstić information content (AvgIpc) is 2.68. The maximum absolute atomic E-state index is 11.6. The SMILES string of the molecule is CC1=CC(=O)N=C2C=C(N3C(=O)C=CC3=O)C=CC12. The fourth-order valence-corrected chi connectivity index (χ4v) is 2.31. The topological polar surface area (TPSA) is 66.8 Å². The average molecular weight is 254 g/mol. The van der Waals surface area contributed by atoms with Crippen LogP contribution in [0.1, 0.15) is 6.92 Å². The molecular formula is C14H10N2O3. The number of fused-ring (bicyclic) bond motifs is 1. The highest BCUT2D eigenvalue weighted by molar-refractivity contribution is 6.17. The number of dihydropyridines is 1. The number of carbonyl (C=O) groups is 3. The molecule has 0 spiro atoms. The summed E-state index contributed by atoms with van der Waals surface area (Å²) in [6, 6.07) is 0. The summed E-state index contributed by atoms with van der Waals surface area (Å²) in [5.41, 5.74) is 1.91. The van der Waals surface area contributed by atoms with Gasteiger partial charge in [-0.25, -0.2) is 9.89 Å². The van der Waals surface area contributed by atoms with Crippen LogP contribution in [-0.4, -0.2) is 28.3 Å². The number of rotatable bonds is 1. The fraction of sp³-hybridized carbons (Fsp3) is 0.143. The summed E-state index contributed by atoms with van der Waals surface area (Å²) in [6.07, 6.45) is 9.10. The van der Waals surface area contributed by atoms with Crippen molar-refractivity contribution in [3.63, 3.8) is 0 Å². The van der Waals surface area contributed by atoms with Gasteiger partial charge < -0.3 is 0 Å². The second kappa shape index (κ2) is 3.98. The van der Waals surface area contributed by atoms with Crippen LogP contribution >= 0.6 is 0 Å². The van der Waals surface area contributed by atoms with Gasteiger partial charge in [0.15, 0.2) is 0 Å². The third kappa shape index (κ3) is 1.79. The summed E-state index contributed by atoms with van der Waals surface area (Å²) in [7, 11) is 0. The lowest BCUT2D eigenvalue weighted by Crippen LogP contribution is -2.31. The van der Waals surface area contributed by atoms with Gasteiger partial charge in [0, 0.05) is 24.1 Å². The lowest BCUT2D eigenvalue weighted by Gasteiger charge is -2.24. The van der Waals surface area contributed by atoms with Crippen molar-refractivity contribution in [3.05, 3.63) is 47.7 Å². The zero-order valence-electron chi connectivity index (χ0n) is 10.2. The molecule has 0 aromatic rings. The third-order valence-electron chi connectivity index (χ3n) is 3.22. The molecule has 0 aromatic heterocycles. The molecule has 1 aliphatic carbocycles. The summed E-state index contributed by atoms with van der Waals surface area (Å²) < 4.78 is 0. The molecule has 0 fully saturated rings. The van der Waals surface area contributed by atoms with Crippen molar-refractivity contribution in [3.8, 4) is 0 Å². The molecule has 1 unspecified atom stereocenters. The Balaban J connectivity index is 1.98. The second-order valence-electron chi connectivity index (χ2n) is 4.51. The zero-order chi connectivity index (χ0) is 13.6. The summed E-state index contributed by atoms with van der Waals surface area (Å²) in [5.74, 6) is -1.13. The minimum Gasteiger partial charge on any atom is -0.269 e. The highest BCUT2D eigenvalue weighted by atomic mass is 16.2. The Morgan fingerprint density at radius 3 is 2.42 bits per heavy atom. The molecule has 0 saturated carbocycles. The van der Waals surface area contributed by atoms with Gasteiger partial charge in [0.1, 0.15) is 0 Å². The lowest BCUT2D eigenvalue weighted by atomic mass is 9.88. The predicted octanol–water partition coefficient (Wildman–Crippen LogP) is 0.909. The molecule has 0 N–H and O–H groups in total. The van der Waals surface area contributed by atoms with E-state index in [9.17, 15) is 14.4 Å². The first-order valence-electron chi connectivity index (χ1n) is 5.83. The van der Waals surface area contributed by atoms with Crippen LogP contribution in [0.25, 0.3) is 0 Å². The van der Waals surface area contributed by atoms with E-state index in [0.29, 0.717) is 11.4 Å². The standard InChI is InChI=1S/C14H10N2O3/c1-8-6-12(17)15-11-7-9(2-3-10(8)11)16-13(18)4-5-14(16)19/h2-7,10H,1H3. The van der Waals surface area contributed by atoms with E-state index in [2.05, 4.69) is 4.99 Å². The summed E-state index contributed by atoms with van der Waals surface area (Å²) >= 11 is 0. The smallest absolute Gasteiger partial charge is 0.269 e. The number of imide groups is 1. The van der Waals surface area contributed by atoms with E-state index >= 15 is 0 Å². The number of nitrogens with zero attached hydrogens (tertiary/aromatic N) is 2. The molecule has 3 amide bonds. The Hall–Kier alpha value is -2.56. The first-order chi connectivity index (χ1) is 9.06. The first-order valence-corrected chi connectivity index (χ1v) is 5.83. The van der Waals surface area contributed by atoms with E-state index in [-0.39, 0.29) is 23.6 Å². The van der Waals surface area contributed by atoms with E-state index in [1.54, 1.807) is 12.2 Å². The fourth-order valence-electron chi connectivity index (χ4n) is 2.31. The normalized spacial score (nSPS) is 25.3. The van der Waals surface area contributed by atoms with Gasteiger partial charge in [-0.15, -0.1) is 0 Å². The van der Waals surface area contributed by atoms with Gasteiger partial charge in [-0.2, -0.15) is 0 Å². The Morgan fingerprint density at radius 2 is 1.74 bits per heavy atom. The largest absolute Gasteiger partial charge is 0.269 e. The molecule has 0 bridgehead atoms. The van der Waals surface area contributed by atoms with Crippen LogP contribution in [-0.2, 0) is 14.4 Å². The second-order valence-corrected chi connectivity index (χ2v) is 4.51. The van der Waals surface area contributed by atoms with Crippen LogP contribution in [0.4, 0.5) is 0 Å². The molecule has 2 heterocycles. The van der Waals surface area contributed by atoms with Gasteiger partial charge in [0.05, 0.1) is 11.4 Å². The van der Waals surface area contributed by atoms with Crippen molar-refractivity contribution in [1.82, 2.24) is 4.90 Å².